The molecule has 0 fully saturated rings. The first-order valence-electron chi connectivity index (χ1n) is 3.93. The van der Waals surface area contributed by atoms with Gasteiger partial charge in [0.2, 0.25) is 0 Å². The molecule has 0 aliphatic rings. The van der Waals surface area contributed by atoms with E-state index >= 15 is 0 Å². The first-order chi connectivity index (χ1) is 6.00. The Hall–Kier alpha value is -1.16. The van der Waals surface area contributed by atoms with Gasteiger partial charge in [-0.25, -0.2) is 8.78 Å². The number of hydrogen-bond acceptors (Lipinski definition) is 2. The topological polar surface area (TPSA) is 46.2 Å². The molecule has 0 spiro atoms. The van der Waals surface area contributed by atoms with Crippen molar-refractivity contribution >= 4 is 0 Å². The molecule has 1 unspecified atom stereocenters. The van der Waals surface area contributed by atoms with E-state index in [0.29, 0.717) is 6.07 Å². The normalized spacial score (nSPS) is 12.9. The van der Waals surface area contributed by atoms with Gasteiger partial charge in [-0.05, 0) is 25.0 Å². The summed E-state index contributed by atoms with van der Waals surface area (Å²) in [6.07, 6.45) is 0.277. The maximum Gasteiger partial charge on any atom is 0.167 e. The van der Waals surface area contributed by atoms with Gasteiger partial charge in [0.1, 0.15) is 5.82 Å². The summed E-state index contributed by atoms with van der Waals surface area (Å²) in [7, 11) is 0. The molecule has 1 rings (SSSR count). The fourth-order valence-corrected chi connectivity index (χ4v) is 1.08. The summed E-state index contributed by atoms with van der Waals surface area (Å²) in [4.78, 5) is 0. The zero-order valence-electron chi connectivity index (χ0n) is 7.22. The predicted octanol–water partition coefficient (Wildman–Crippen LogP) is 1.56. The van der Waals surface area contributed by atoms with Crippen LogP contribution in [0.15, 0.2) is 12.1 Å². The lowest BCUT2D eigenvalue weighted by atomic mass is 10.1. The van der Waals surface area contributed by atoms with Crippen molar-refractivity contribution in [1.29, 1.82) is 0 Å². The molecule has 2 nitrogen and oxygen atoms in total. The highest BCUT2D eigenvalue weighted by molar-refractivity contribution is 5.30. The Morgan fingerprint density at radius 1 is 1.38 bits per heavy atom. The van der Waals surface area contributed by atoms with Gasteiger partial charge in [-0.2, -0.15) is 0 Å². The molecular formula is C9H11F2NO. The van der Waals surface area contributed by atoms with Crippen molar-refractivity contribution in [1.82, 2.24) is 0 Å². The summed E-state index contributed by atoms with van der Waals surface area (Å²) in [5.74, 6) is -2.17. The maximum atomic E-state index is 13.0. The highest BCUT2D eigenvalue weighted by Gasteiger charge is 2.09. The highest BCUT2D eigenvalue weighted by atomic mass is 19.1. The Kier molecular flexibility index (Phi) is 2.83. The number of hydrogen-bond donors (Lipinski definition) is 2. The molecule has 0 aliphatic carbocycles. The Bertz CT molecular complexity index is 313. The summed E-state index contributed by atoms with van der Waals surface area (Å²) < 4.78 is 25.6. The van der Waals surface area contributed by atoms with E-state index in [0.717, 1.165) is 6.07 Å². The summed E-state index contributed by atoms with van der Waals surface area (Å²) in [6, 6.07) is 1.50. The van der Waals surface area contributed by atoms with Gasteiger partial charge in [0.05, 0.1) is 0 Å². The number of phenols is 1. The summed E-state index contributed by atoms with van der Waals surface area (Å²) in [5.41, 5.74) is 5.67. The summed E-state index contributed by atoms with van der Waals surface area (Å²) >= 11 is 0. The van der Waals surface area contributed by atoms with Crippen LogP contribution in [0.25, 0.3) is 0 Å². The third kappa shape index (κ3) is 2.39. The van der Waals surface area contributed by atoms with E-state index in [1.54, 1.807) is 6.92 Å². The summed E-state index contributed by atoms with van der Waals surface area (Å²) in [6.45, 7) is 1.71. The molecule has 3 N–H and O–H groups in total. The van der Waals surface area contributed by atoms with Gasteiger partial charge in [0.15, 0.2) is 11.6 Å². The lowest BCUT2D eigenvalue weighted by Crippen LogP contribution is -2.18. The minimum Gasteiger partial charge on any atom is -0.505 e. The van der Waals surface area contributed by atoms with Gasteiger partial charge in [-0.3, -0.25) is 0 Å². The van der Waals surface area contributed by atoms with Gasteiger partial charge in [0, 0.05) is 12.1 Å². The van der Waals surface area contributed by atoms with Crippen LogP contribution >= 0.6 is 0 Å². The first kappa shape index (κ1) is 9.92. The van der Waals surface area contributed by atoms with Crippen LogP contribution in [0.5, 0.6) is 5.75 Å². The quantitative estimate of drug-likeness (QED) is 0.738. The molecule has 13 heavy (non-hydrogen) atoms. The van der Waals surface area contributed by atoms with Gasteiger partial charge < -0.3 is 10.8 Å². The summed E-state index contributed by atoms with van der Waals surface area (Å²) in [5, 5.41) is 8.95. The lowest BCUT2D eigenvalue weighted by molar-refractivity contribution is 0.425. The maximum absolute atomic E-state index is 13.0. The molecule has 0 bridgehead atoms. The second kappa shape index (κ2) is 3.70. The molecule has 0 radical (unpaired) electrons. The molecule has 0 heterocycles. The van der Waals surface area contributed by atoms with Crippen LogP contribution in [0, 0.1) is 11.6 Å². The SMILES string of the molecule is CC(N)Cc1cc(O)c(F)cc1F. The van der Waals surface area contributed by atoms with E-state index in [-0.39, 0.29) is 18.0 Å². The molecule has 4 heteroatoms. The molecule has 0 aliphatic heterocycles. The van der Waals surface area contributed by atoms with Crippen LogP contribution < -0.4 is 5.73 Å². The minimum absolute atomic E-state index is 0.223. The number of halogens is 2. The molecular weight excluding hydrogens is 176 g/mol. The number of nitrogens with two attached hydrogens (primary N) is 1. The molecule has 0 aromatic heterocycles. The lowest BCUT2D eigenvalue weighted by Gasteiger charge is -2.07. The molecule has 1 aromatic carbocycles. The Balaban J connectivity index is 3.01. The van der Waals surface area contributed by atoms with Crippen LogP contribution in [0.3, 0.4) is 0 Å². The van der Waals surface area contributed by atoms with E-state index in [1.165, 1.54) is 0 Å². The third-order valence-corrected chi connectivity index (χ3v) is 1.66. The van der Waals surface area contributed by atoms with Crippen molar-refractivity contribution in [3.63, 3.8) is 0 Å². The Morgan fingerprint density at radius 3 is 2.54 bits per heavy atom. The second-order valence-electron chi connectivity index (χ2n) is 3.08. The van der Waals surface area contributed by atoms with E-state index in [9.17, 15) is 8.78 Å². The van der Waals surface area contributed by atoms with Gasteiger partial charge in [-0.1, -0.05) is 0 Å². The molecule has 1 atom stereocenters. The van der Waals surface area contributed by atoms with Crippen molar-refractivity contribution in [2.24, 2.45) is 5.73 Å². The smallest absolute Gasteiger partial charge is 0.167 e. The average molecular weight is 187 g/mol. The number of aromatic hydroxyl groups is 1. The molecule has 0 saturated heterocycles. The first-order valence-corrected chi connectivity index (χ1v) is 3.93. The zero-order chi connectivity index (χ0) is 10.0. The predicted molar refractivity (Wildman–Crippen MR) is 45.4 cm³/mol. The fraction of sp³-hybridized carbons (Fsp3) is 0.333. The standard InChI is InChI=1S/C9H11F2NO/c1-5(12)2-6-3-9(13)8(11)4-7(6)10/h3-5,13H,2,12H2,1H3. The van der Waals surface area contributed by atoms with Gasteiger partial charge in [0.25, 0.3) is 0 Å². The van der Waals surface area contributed by atoms with Crippen molar-refractivity contribution in [2.75, 3.05) is 0 Å². The van der Waals surface area contributed by atoms with Gasteiger partial charge in [-0.15, -0.1) is 0 Å². The molecule has 0 amide bonds. The van der Waals surface area contributed by atoms with E-state index in [2.05, 4.69) is 0 Å². The number of rotatable bonds is 2. The van der Waals surface area contributed by atoms with Crippen molar-refractivity contribution in [3.8, 4) is 5.75 Å². The van der Waals surface area contributed by atoms with Crippen molar-refractivity contribution in [2.45, 2.75) is 19.4 Å². The van der Waals surface area contributed by atoms with Crippen LogP contribution in [0.4, 0.5) is 8.78 Å². The highest BCUT2D eigenvalue weighted by Crippen LogP contribution is 2.20. The average Bonchev–Trinajstić information content (AvgIpc) is 1.99. The van der Waals surface area contributed by atoms with E-state index in [4.69, 9.17) is 10.8 Å². The monoisotopic (exact) mass is 187 g/mol. The van der Waals surface area contributed by atoms with Crippen LogP contribution in [0.2, 0.25) is 0 Å². The van der Waals surface area contributed by atoms with Crippen LogP contribution in [-0.2, 0) is 6.42 Å². The second-order valence-corrected chi connectivity index (χ2v) is 3.08. The minimum atomic E-state index is -0.953. The van der Waals surface area contributed by atoms with E-state index < -0.39 is 17.4 Å². The van der Waals surface area contributed by atoms with Gasteiger partial charge >= 0.3 is 0 Å². The Labute approximate surface area is 75.0 Å². The number of benzene rings is 1. The van der Waals surface area contributed by atoms with Crippen LogP contribution in [0.1, 0.15) is 12.5 Å². The largest absolute Gasteiger partial charge is 0.505 e. The van der Waals surface area contributed by atoms with E-state index in [1.807, 2.05) is 0 Å². The Morgan fingerprint density at radius 2 is 2.00 bits per heavy atom. The van der Waals surface area contributed by atoms with Crippen LogP contribution in [-0.4, -0.2) is 11.1 Å². The fourth-order valence-electron chi connectivity index (χ4n) is 1.08. The molecule has 0 saturated carbocycles. The molecule has 72 valence electrons. The van der Waals surface area contributed by atoms with Crippen molar-refractivity contribution < 1.29 is 13.9 Å². The van der Waals surface area contributed by atoms with Crippen molar-refractivity contribution in [3.05, 3.63) is 29.3 Å². The third-order valence-electron chi connectivity index (χ3n) is 1.66. The molecule has 1 aromatic rings. The number of phenolic OH excluding ortho intramolecular Hbond substituents is 1. The zero-order valence-corrected chi connectivity index (χ0v) is 7.22.